The number of hydrogen-bond acceptors (Lipinski definition) is 4. The van der Waals surface area contributed by atoms with Crippen LogP contribution in [0.5, 0.6) is 0 Å². The lowest BCUT2D eigenvalue weighted by molar-refractivity contribution is 0.0701. The van der Waals surface area contributed by atoms with Crippen LogP contribution in [0.4, 0.5) is 0 Å². The molecule has 2 aromatic heterocycles. The highest BCUT2D eigenvalue weighted by molar-refractivity contribution is 7.20. The van der Waals surface area contributed by atoms with E-state index in [9.17, 15) is 14.7 Å². The standard InChI is InChI=1S/C18H16N2O3S/c1-9-4-5-10(2)12(8-9)6-7-13-19-16(21)14-11(3)15(18(22)23)24-17(14)20-13/h4-8H,1-3H3,(H,22,23)(H,19,20,21)/b7-6+. The molecule has 0 amide bonds. The van der Waals surface area contributed by atoms with Gasteiger partial charge in [0.15, 0.2) is 0 Å². The third-order valence-corrected chi connectivity index (χ3v) is 5.04. The van der Waals surface area contributed by atoms with E-state index in [0.717, 1.165) is 28.0 Å². The fraction of sp³-hybridized carbons (Fsp3) is 0.167. The number of benzene rings is 1. The minimum atomic E-state index is -1.04. The van der Waals surface area contributed by atoms with Crippen LogP contribution >= 0.6 is 11.3 Å². The van der Waals surface area contributed by atoms with Gasteiger partial charge < -0.3 is 10.1 Å². The summed E-state index contributed by atoms with van der Waals surface area (Å²) in [4.78, 5) is 31.2. The number of nitrogens with zero attached hydrogens (tertiary/aromatic N) is 1. The fourth-order valence-electron chi connectivity index (χ4n) is 2.55. The number of hydrogen-bond donors (Lipinski definition) is 2. The van der Waals surface area contributed by atoms with Crippen molar-refractivity contribution in [2.24, 2.45) is 0 Å². The van der Waals surface area contributed by atoms with Crippen LogP contribution in [-0.4, -0.2) is 21.0 Å². The minimum Gasteiger partial charge on any atom is -0.477 e. The molecule has 0 aliphatic heterocycles. The number of thiophene rings is 1. The van der Waals surface area contributed by atoms with E-state index in [4.69, 9.17) is 0 Å². The van der Waals surface area contributed by atoms with Gasteiger partial charge in [-0.1, -0.05) is 29.8 Å². The molecule has 0 aliphatic carbocycles. The average molecular weight is 340 g/mol. The number of aromatic carboxylic acids is 1. The maximum Gasteiger partial charge on any atom is 0.346 e. The van der Waals surface area contributed by atoms with Crippen LogP contribution < -0.4 is 5.56 Å². The highest BCUT2D eigenvalue weighted by Gasteiger charge is 2.18. The van der Waals surface area contributed by atoms with Gasteiger partial charge in [0.05, 0.1) is 5.39 Å². The number of aromatic nitrogens is 2. The summed E-state index contributed by atoms with van der Waals surface area (Å²) in [5.74, 6) is -0.631. The summed E-state index contributed by atoms with van der Waals surface area (Å²) in [5, 5.41) is 9.54. The van der Waals surface area contributed by atoms with Gasteiger partial charge in [-0.25, -0.2) is 9.78 Å². The Morgan fingerprint density at radius 3 is 2.71 bits per heavy atom. The molecule has 0 spiro atoms. The predicted octanol–water partition coefficient (Wildman–Crippen LogP) is 3.78. The van der Waals surface area contributed by atoms with Gasteiger partial charge in [0.2, 0.25) is 0 Å². The first-order chi connectivity index (χ1) is 11.4. The second kappa shape index (κ2) is 6.05. The molecular weight excluding hydrogens is 324 g/mol. The van der Waals surface area contributed by atoms with E-state index in [-0.39, 0.29) is 10.4 Å². The summed E-state index contributed by atoms with van der Waals surface area (Å²) in [6.07, 6.45) is 3.63. The molecule has 1 aromatic carbocycles. The Labute approximate surface area is 142 Å². The Bertz CT molecular complexity index is 1040. The van der Waals surface area contributed by atoms with Crippen molar-refractivity contribution in [1.82, 2.24) is 9.97 Å². The normalized spacial score (nSPS) is 11.5. The Balaban J connectivity index is 2.08. The molecule has 0 fully saturated rings. The minimum absolute atomic E-state index is 0.152. The van der Waals surface area contributed by atoms with Gasteiger partial charge in [-0.2, -0.15) is 0 Å². The van der Waals surface area contributed by atoms with Crippen molar-refractivity contribution < 1.29 is 9.90 Å². The summed E-state index contributed by atoms with van der Waals surface area (Å²) in [7, 11) is 0. The molecule has 0 saturated carbocycles. The lowest BCUT2D eigenvalue weighted by Gasteiger charge is -2.01. The number of aryl methyl sites for hydroxylation is 3. The molecule has 0 unspecified atom stereocenters. The summed E-state index contributed by atoms with van der Waals surface area (Å²) >= 11 is 1.02. The number of aromatic amines is 1. The van der Waals surface area contributed by atoms with Crippen molar-refractivity contribution in [2.75, 3.05) is 0 Å². The van der Waals surface area contributed by atoms with Crippen LogP contribution in [0, 0.1) is 20.8 Å². The van der Waals surface area contributed by atoms with Gasteiger partial charge >= 0.3 is 5.97 Å². The number of carboxylic acids is 1. The zero-order valence-electron chi connectivity index (χ0n) is 13.5. The number of H-pyrrole nitrogens is 1. The molecular formula is C18H16N2O3S. The van der Waals surface area contributed by atoms with Crippen LogP contribution in [0.1, 0.15) is 37.7 Å². The Kier molecular flexibility index (Phi) is 4.07. The van der Waals surface area contributed by atoms with Crippen molar-refractivity contribution in [3.05, 3.63) is 61.5 Å². The van der Waals surface area contributed by atoms with Crippen LogP contribution in [0.15, 0.2) is 23.0 Å². The topological polar surface area (TPSA) is 83.0 Å². The van der Waals surface area contributed by atoms with Crippen molar-refractivity contribution in [1.29, 1.82) is 0 Å². The van der Waals surface area contributed by atoms with Crippen molar-refractivity contribution in [2.45, 2.75) is 20.8 Å². The molecule has 3 aromatic rings. The molecule has 3 rings (SSSR count). The zero-order chi connectivity index (χ0) is 17.4. The van der Waals surface area contributed by atoms with Crippen molar-refractivity contribution in [3.8, 4) is 0 Å². The summed E-state index contributed by atoms with van der Waals surface area (Å²) in [6, 6.07) is 6.14. The number of rotatable bonds is 3. The van der Waals surface area contributed by atoms with Crippen molar-refractivity contribution >= 4 is 39.7 Å². The molecule has 5 nitrogen and oxygen atoms in total. The molecule has 0 atom stereocenters. The van der Waals surface area contributed by atoms with Gasteiger partial charge in [-0.3, -0.25) is 4.79 Å². The van der Waals surface area contributed by atoms with Gasteiger partial charge in [0, 0.05) is 0 Å². The number of carboxylic acid groups (broad SMARTS) is 1. The maximum atomic E-state index is 12.3. The maximum absolute atomic E-state index is 12.3. The highest BCUT2D eigenvalue weighted by Crippen LogP contribution is 2.27. The Hall–Kier alpha value is -2.73. The zero-order valence-corrected chi connectivity index (χ0v) is 14.3. The van der Waals surface area contributed by atoms with E-state index in [1.54, 1.807) is 13.0 Å². The van der Waals surface area contributed by atoms with E-state index in [1.165, 1.54) is 0 Å². The van der Waals surface area contributed by atoms with Gasteiger partial charge in [0.25, 0.3) is 5.56 Å². The van der Waals surface area contributed by atoms with E-state index in [2.05, 4.69) is 16.0 Å². The van der Waals surface area contributed by atoms with Gasteiger partial charge in [-0.05, 0) is 43.5 Å². The molecule has 122 valence electrons. The number of carbonyl (C=O) groups is 1. The van der Waals surface area contributed by atoms with E-state index >= 15 is 0 Å². The molecule has 2 N–H and O–H groups in total. The quantitative estimate of drug-likeness (QED) is 0.760. The predicted molar refractivity (Wildman–Crippen MR) is 96.8 cm³/mol. The molecule has 0 saturated heterocycles. The SMILES string of the molecule is Cc1ccc(C)c(/C=C/c2nc3sc(C(=O)O)c(C)c3c(=O)[nH]2)c1. The third-order valence-electron chi connectivity index (χ3n) is 3.87. The van der Waals surface area contributed by atoms with Crippen LogP contribution in [0.25, 0.3) is 22.4 Å². The lowest BCUT2D eigenvalue weighted by atomic mass is 10.1. The highest BCUT2D eigenvalue weighted by atomic mass is 32.1. The molecule has 2 heterocycles. The van der Waals surface area contributed by atoms with E-state index < -0.39 is 5.97 Å². The second-order valence-corrected chi connectivity index (χ2v) is 6.69. The summed E-state index contributed by atoms with van der Waals surface area (Å²) in [5.41, 5.74) is 3.46. The number of fused-ring (bicyclic) bond motifs is 1. The first kappa shape index (κ1) is 16.1. The first-order valence-electron chi connectivity index (χ1n) is 7.39. The fourth-order valence-corrected chi connectivity index (χ4v) is 3.58. The summed E-state index contributed by atoms with van der Waals surface area (Å²) in [6.45, 7) is 5.66. The third kappa shape index (κ3) is 2.88. The largest absolute Gasteiger partial charge is 0.477 e. The van der Waals surface area contributed by atoms with Crippen LogP contribution in [0.3, 0.4) is 0 Å². The molecule has 0 bridgehead atoms. The number of nitrogens with one attached hydrogen (secondary N) is 1. The molecule has 0 radical (unpaired) electrons. The van der Waals surface area contributed by atoms with Crippen LogP contribution in [-0.2, 0) is 0 Å². The molecule has 0 aliphatic rings. The first-order valence-corrected chi connectivity index (χ1v) is 8.20. The molecule has 24 heavy (non-hydrogen) atoms. The van der Waals surface area contributed by atoms with Gasteiger partial charge in [0.1, 0.15) is 15.5 Å². The monoisotopic (exact) mass is 340 g/mol. The Morgan fingerprint density at radius 1 is 1.25 bits per heavy atom. The van der Waals surface area contributed by atoms with Crippen molar-refractivity contribution in [3.63, 3.8) is 0 Å². The summed E-state index contributed by atoms with van der Waals surface area (Å²) < 4.78 is 0. The second-order valence-electron chi connectivity index (χ2n) is 5.69. The van der Waals surface area contributed by atoms with E-state index in [0.29, 0.717) is 21.6 Å². The Morgan fingerprint density at radius 2 is 2.00 bits per heavy atom. The van der Waals surface area contributed by atoms with Gasteiger partial charge in [-0.15, -0.1) is 11.3 Å². The molecule has 6 heteroatoms. The smallest absolute Gasteiger partial charge is 0.346 e. The average Bonchev–Trinajstić information content (AvgIpc) is 2.86. The van der Waals surface area contributed by atoms with Crippen LogP contribution in [0.2, 0.25) is 0 Å². The van der Waals surface area contributed by atoms with E-state index in [1.807, 2.05) is 32.1 Å². The lowest BCUT2D eigenvalue weighted by Crippen LogP contribution is -2.09.